The van der Waals surface area contributed by atoms with Gasteiger partial charge in [-0.2, -0.15) is 20.0 Å². The molecule has 202 valence electrons. The van der Waals surface area contributed by atoms with Gasteiger partial charge in [0.1, 0.15) is 0 Å². The number of nitrogens with zero attached hydrogens (tertiary/aromatic N) is 11. The summed E-state index contributed by atoms with van der Waals surface area (Å²) in [6, 6.07) is 18.4. The van der Waals surface area contributed by atoms with E-state index in [4.69, 9.17) is 20.2 Å². The van der Waals surface area contributed by atoms with E-state index in [1.165, 1.54) is 0 Å². The summed E-state index contributed by atoms with van der Waals surface area (Å²) in [5.41, 5.74) is 4.88. The third kappa shape index (κ3) is 4.71. The molecule has 2 unspecified atom stereocenters. The average Bonchev–Trinajstić information content (AvgIpc) is 3.70. The van der Waals surface area contributed by atoms with Crippen LogP contribution in [0.3, 0.4) is 0 Å². The molecule has 3 aliphatic heterocycles. The molecule has 0 saturated carbocycles. The summed E-state index contributed by atoms with van der Waals surface area (Å²) < 4.78 is 5.70. The van der Waals surface area contributed by atoms with Crippen molar-refractivity contribution in [3.8, 4) is 11.6 Å². The number of pyridine rings is 2. The lowest BCUT2D eigenvalue weighted by Crippen LogP contribution is -2.25. The van der Waals surface area contributed by atoms with Crippen LogP contribution in [-0.2, 0) is 32.7 Å². The van der Waals surface area contributed by atoms with Gasteiger partial charge in [0, 0.05) is 57.7 Å². The second-order valence-electron chi connectivity index (χ2n) is 10.4. The molecule has 0 amide bonds. The molecule has 0 aromatic carbocycles. The molecule has 5 aromatic heterocycles. The average molecular weight is 542 g/mol. The van der Waals surface area contributed by atoms with E-state index in [2.05, 4.69) is 68.4 Å². The topological polar surface area (TPSA) is 98.1 Å². The number of allylic oxidation sites excluding steroid dienone is 3. The van der Waals surface area contributed by atoms with Gasteiger partial charge in [0.05, 0.1) is 28.5 Å². The Balaban J connectivity index is 1.28. The number of fused-ring (bicyclic) bond motifs is 8. The van der Waals surface area contributed by atoms with Crippen molar-refractivity contribution in [3.63, 3.8) is 0 Å². The largest absolute Gasteiger partial charge is 0.288 e. The lowest BCUT2D eigenvalue weighted by atomic mass is 10.2. The van der Waals surface area contributed by atoms with Crippen molar-refractivity contribution in [2.45, 2.75) is 32.7 Å². The Hall–Kier alpha value is -5.00. The fourth-order valence-corrected chi connectivity index (χ4v) is 5.49. The molecule has 5 aromatic rings. The van der Waals surface area contributed by atoms with Gasteiger partial charge in [-0.25, -0.2) is 24.3 Å². The molecule has 8 heterocycles. The normalized spacial score (nSPS) is 20.3. The highest BCUT2D eigenvalue weighted by Crippen LogP contribution is 2.25. The van der Waals surface area contributed by atoms with Crippen LogP contribution in [0.4, 0.5) is 5.82 Å². The summed E-state index contributed by atoms with van der Waals surface area (Å²) >= 11 is 0. The number of hydrogen-bond donors (Lipinski definition) is 0. The van der Waals surface area contributed by atoms with Crippen molar-refractivity contribution in [3.05, 3.63) is 120 Å². The second kappa shape index (κ2) is 9.88. The number of aliphatic imine (C=N–C) groups is 1. The Morgan fingerprint density at radius 2 is 1.46 bits per heavy atom. The van der Waals surface area contributed by atoms with Crippen LogP contribution < -0.4 is 0 Å². The van der Waals surface area contributed by atoms with Gasteiger partial charge in [0.15, 0.2) is 23.3 Å². The van der Waals surface area contributed by atoms with Gasteiger partial charge in [-0.1, -0.05) is 30.4 Å². The third-order valence-electron chi connectivity index (χ3n) is 7.37. The summed E-state index contributed by atoms with van der Waals surface area (Å²) in [5, 5.41) is 14.4. The summed E-state index contributed by atoms with van der Waals surface area (Å²) in [6.07, 6.45) is 12.0. The Morgan fingerprint density at radius 3 is 2.37 bits per heavy atom. The fraction of sp³-hybridized carbons (Fsp3) is 0.200. The highest BCUT2D eigenvalue weighted by Gasteiger charge is 2.22. The maximum absolute atomic E-state index is 5.03. The van der Waals surface area contributed by atoms with Crippen LogP contribution in [0.25, 0.3) is 11.6 Å². The van der Waals surface area contributed by atoms with Gasteiger partial charge in [-0.3, -0.25) is 9.80 Å². The fourth-order valence-electron chi connectivity index (χ4n) is 5.49. The van der Waals surface area contributed by atoms with Crippen LogP contribution in [-0.4, -0.2) is 61.5 Å². The van der Waals surface area contributed by atoms with Crippen LogP contribution in [0.1, 0.15) is 28.5 Å². The highest BCUT2D eigenvalue weighted by atomic mass is 15.4. The quantitative estimate of drug-likeness (QED) is 0.296. The van der Waals surface area contributed by atoms with Crippen molar-refractivity contribution in [1.29, 1.82) is 0 Å². The predicted molar refractivity (Wildman–Crippen MR) is 153 cm³/mol. The van der Waals surface area contributed by atoms with Gasteiger partial charge in [-0.05, 0) is 42.5 Å². The van der Waals surface area contributed by atoms with E-state index in [-0.39, 0.29) is 0 Å². The van der Waals surface area contributed by atoms with E-state index in [1.54, 1.807) is 0 Å². The maximum Gasteiger partial charge on any atom is 0.160 e. The zero-order valence-electron chi connectivity index (χ0n) is 22.3. The Bertz CT molecular complexity index is 1840. The third-order valence-corrected chi connectivity index (χ3v) is 7.37. The molecule has 3 aliphatic rings. The van der Waals surface area contributed by atoms with Gasteiger partial charge in [0.2, 0.25) is 0 Å². The van der Waals surface area contributed by atoms with E-state index >= 15 is 0 Å². The lowest BCUT2D eigenvalue weighted by Gasteiger charge is -2.21. The molecule has 2 atom stereocenters. The molecule has 11 heteroatoms. The zero-order valence-corrected chi connectivity index (χ0v) is 22.3. The molecule has 0 fully saturated rings. The lowest BCUT2D eigenvalue weighted by molar-refractivity contribution is 0.236. The van der Waals surface area contributed by atoms with Crippen molar-refractivity contribution in [2.24, 2.45) is 4.99 Å². The van der Waals surface area contributed by atoms with E-state index in [1.807, 2.05) is 56.8 Å². The van der Waals surface area contributed by atoms with E-state index in [0.717, 1.165) is 58.3 Å². The van der Waals surface area contributed by atoms with Crippen LogP contribution in [0.2, 0.25) is 0 Å². The van der Waals surface area contributed by atoms with Crippen molar-refractivity contribution >= 4 is 11.7 Å². The number of hydrogen-bond acceptors (Lipinski definition) is 8. The first-order chi connectivity index (χ1) is 20.2. The minimum Gasteiger partial charge on any atom is -0.288 e. The first kappa shape index (κ1) is 23.9. The van der Waals surface area contributed by atoms with Crippen LogP contribution in [0, 0.1) is 0 Å². The minimum atomic E-state index is 0.625. The van der Waals surface area contributed by atoms with Crippen molar-refractivity contribution in [1.82, 2.24) is 49.1 Å². The Labute approximate surface area is 236 Å². The molecule has 0 aliphatic carbocycles. The molecule has 0 radical (unpaired) electrons. The summed E-state index contributed by atoms with van der Waals surface area (Å²) in [7, 11) is 0. The Morgan fingerprint density at radius 1 is 0.659 bits per heavy atom. The molecule has 0 saturated heterocycles. The van der Waals surface area contributed by atoms with E-state index in [0.29, 0.717) is 32.7 Å². The monoisotopic (exact) mass is 541 g/mol. The first-order valence-corrected chi connectivity index (χ1v) is 13.7. The molecule has 10 bridgehead atoms. The summed E-state index contributed by atoms with van der Waals surface area (Å²) in [5.74, 6) is 3.31. The molecular weight excluding hydrogens is 514 g/mol. The summed E-state index contributed by atoms with van der Waals surface area (Å²) in [6.45, 7) is 3.93. The van der Waals surface area contributed by atoms with Gasteiger partial charge >= 0.3 is 0 Å². The number of aromatic nitrogens is 8. The molecule has 41 heavy (non-hydrogen) atoms. The van der Waals surface area contributed by atoms with Gasteiger partial charge < -0.3 is 0 Å². The molecule has 8 rings (SSSR count). The minimum absolute atomic E-state index is 0.625. The molecule has 0 spiro atoms. The smallest absolute Gasteiger partial charge is 0.160 e. The second-order valence-corrected chi connectivity index (χ2v) is 10.4. The van der Waals surface area contributed by atoms with E-state index < -0.39 is 0 Å². The number of rotatable bonds is 0. The predicted octanol–water partition coefficient (Wildman–Crippen LogP) is 3.58. The standard InChI is InChI=1S/C30H27N11/c1-2-8-29-34-30-16-25(36-41(29)30)20-38-19-24-12-15-39(35-24)27-9-4-6-22(32-27)17-37(14-3-1)18-23-7-5-10-28(33-23)40-26(21-38)11-13-31-40/h1-13,15-16H,14,17-21H2/b3-1?,8-2-. The molecule has 0 N–H and O–H groups in total. The van der Waals surface area contributed by atoms with Gasteiger partial charge in [-0.15, -0.1) is 0 Å². The van der Waals surface area contributed by atoms with Gasteiger partial charge in [0.25, 0.3) is 0 Å². The highest BCUT2D eigenvalue weighted by molar-refractivity contribution is 6.02. The first-order valence-electron chi connectivity index (χ1n) is 13.7. The molecular formula is C30H27N11. The summed E-state index contributed by atoms with van der Waals surface area (Å²) in [4.78, 5) is 19.3. The van der Waals surface area contributed by atoms with E-state index in [9.17, 15) is 0 Å². The van der Waals surface area contributed by atoms with Crippen LogP contribution in [0.5, 0.6) is 0 Å². The molecule has 11 nitrogen and oxygen atoms in total. The van der Waals surface area contributed by atoms with Crippen molar-refractivity contribution in [2.75, 3.05) is 6.54 Å². The zero-order chi connectivity index (χ0) is 27.2. The van der Waals surface area contributed by atoms with Crippen LogP contribution >= 0.6 is 0 Å². The van der Waals surface area contributed by atoms with Crippen LogP contribution in [0.15, 0.2) is 96.3 Å². The maximum atomic E-state index is 5.03. The van der Waals surface area contributed by atoms with Crippen molar-refractivity contribution < 1.29 is 0 Å². The Kier molecular flexibility index (Phi) is 5.75. The SMILES string of the molecule is C1=CCN2Cc3cccc(n3)-n3ccc(n3)CN(Cc3cc4n(n3)C(=N4)/C=C\1)Cc1ccnn1-c1cccc(n1)C2.